The zero-order chi connectivity index (χ0) is 17.1. The molecule has 138 valence electrons. The predicted octanol–water partition coefficient (Wildman–Crippen LogP) is 1.98. The average Bonchev–Trinajstić information content (AvgIpc) is 2.93. The minimum absolute atomic E-state index is 0. The lowest BCUT2D eigenvalue weighted by Crippen LogP contribution is -2.38. The molecule has 6 nitrogen and oxygen atoms in total. The van der Waals surface area contributed by atoms with Crippen molar-refractivity contribution in [2.45, 2.75) is 44.4 Å². The number of carbonyl (C=O) groups is 1. The molecule has 0 saturated heterocycles. The highest BCUT2D eigenvalue weighted by Gasteiger charge is 2.19. The van der Waals surface area contributed by atoms with Gasteiger partial charge in [-0.2, -0.15) is 0 Å². The average molecular weight is 403 g/mol. The second-order valence-corrected chi connectivity index (χ2v) is 8.17. The molecule has 0 aromatic carbocycles. The monoisotopic (exact) mass is 402 g/mol. The number of nitrogens with zero attached hydrogens (tertiary/aromatic N) is 1. The zero-order valence-corrected chi connectivity index (χ0v) is 16.5. The van der Waals surface area contributed by atoms with E-state index in [0.717, 1.165) is 29.5 Å². The topological polar surface area (TPSA) is 101 Å². The molecule has 2 aromatic rings. The van der Waals surface area contributed by atoms with Crippen molar-refractivity contribution in [3.05, 3.63) is 26.6 Å². The van der Waals surface area contributed by atoms with Crippen molar-refractivity contribution in [1.82, 2.24) is 15.3 Å². The summed E-state index contributed by atoms with van der Waals surface area (Å²) < 4.78 is 0. The van der Waals surface area contributed by atoms with Gasteiger partial charge in [0.15, 0.2) is 0 Å². The van der Waals surface area contributed by atoms with Crippen LogP contribution in [0.25, 0.3) is 10.2 Å². The first kappa shape index (κ1) is 20.2. The Kier molecular flexibility index (Phi) is 7.30. The standard InChI is InChI=1S/C16H22N4O2S2.ClH/c1-9(6-17)18-13(21)8-23-7-12-19-15(22)14-10-4-2-3-5-11(10)24-16(14)20-12;/h9H,2-8,17H2,1H3,(H,18,21)(H,19,20,22);1H/t9-;/m0./s1. The van der Waals surface area contributed by atoms with Crippen LogP contribution in [-0.2, 0) is 23.4 Å². The van der Waals surface area contributed by atoms with Gasteiger partial charge < -0.3 is 16.0 Å². The number of rotatable bonds is 6. The van der Waals surface area contributed by atoms with Crippen molar-refractivity contribution in [3.63, 3.8) is 0 Å². The minimum Gasteiger partial charge on any atom is -0.352 e. The Morgan fingerprint density at radius 3 is 2.96 bits per heavy atom. The van der Waals surface area contributed by atoms with Crippen molar-refractivity contribution in [2.24, 2.45) is 5.73 Å². The first-order chi connectivity index (χ1) is 11.6. The summed E-state index contributed by atoms with van der Waals surface area (Å²) in [6.07, 6.45) is 4.37. The van der Waals surface area contributed by atoms with Crippen LogP contribution in [0.5, 0.6) is 0 Å². The molecule has 0 radical (unpaired) electrons. The molecule has 0 spiro atoms. The van der Waals surface area contributed by atoms with E-state index in [-0.39, 0.29) is 29.9 Å². The van der Waals surface area contributed by atoms with Gasteiger partial charge in [-0.15, -0.1) is 35.5 Å². The maximum Gasteiger partial charge on any atom is 0.259 e. The van der Waals surface area contributed by atoms with E-state index in [0.29, 0.717) is 23.9 Å². The molecule has 0 bridgehead atoms. The number of thiophene rings is 1. The fourth-order valence-corrected chi connectivity index (χ4v) is 4.87. The van der Waals surface area contributed by atoms with Crippen LogP contribution < -0.4 is 16.6 Å². The predicted molar refractivity (Wildman–Crippen MR) is 107 cm³/mol. The SMILES string of the molecule is C[C@@H](CN)NC(=O)CSCc1nc2sc3c(c2c(=O)[nH]1)CCCC3.Cl. The number of nitrogens with two attached hydrogens (primary N) is 1. The van der Waals surface area contributed by atoms with Crippen LogP contribution >= 0.6 is 35.5 Å². The van der Waals surface area contributed by atoms with Crippen LogP contribution in [0.2, 0.25) is 0 Å². The molecule has 0 fully saturated rings. The molecule has 1 atom stereocenters. The number of hydrogen-bond donors (Lipinski definition) is 3. The number of H-pyrrole nitrogens is 1. The Balaban J connectivity index is 0.00000225. The molecular weight excluding hydrogens is 380 g/mol. The number of aromatic amines is 1. The largest absolute Gasteiger partial charge is 0.352 e. The van der Waals surface area contributed by atoms with Gasteiger partial charge in [0.25, 0.3) is 5.56 Å². The van der Waals surface area contributed by atoms with Gasteiger partial charge in [0, 0.05) is 17.5 Å². The molecule has 1 aliphatic carbocycles. The summed E-state index contributed by atoms with van der Waals surface area (Å²) >= 11 is 3.08. The molecule has 1 amide bonds. The number of carbonyl (C=O) groups excluding carboxylic acids is 1. The molecule has 4 N–H and O–H groups in total. The second-order valence-electron chi connectivity index (χ2n) is 6.10. The fraction of sp³-hybridized carbons (Fsp3) is 0.562. The van der Waals surface area contributed by atoms with Gasteiger partial charge in [0.2, 0.25) is 5.91 Å². The molecule has 2 aromatic heterocycles. The van der Waals surface area contributed by atoms with Gasteiger partial charge in [0.1, 0.15) is 10.7 Å². The van der Waals surface area contributed by atoms with Crippen LogP contribution in [0.1, 0.15) is 36.0 Å². The third kappa shape index (κ3) is 4.75. The van der Waals surface area contributed by atoms with E-state index < -0.39 is 0 Å². The van der Waals surface area contributed by atoms with Crippen molar-refractivity contribution >= 4 is 51.6 Å². The molecule has 25 heavy (non-hydrogen) atoms. The molecule has 1 aliphatic rings. The van der Waals surface area contributed by atoms with Crippen molar-refractivity contribution < 1.29 is 4.79 Å². The summed E-state index contributed by atoms with van der Waals surface area (Å²) in [5.74, 6) is 1.43. The van der Waals surface area contributed by atoms with Crippen molar-refractivity contribution in [1.29, 1.82) is 0 Å². The number of aryl methyl sites for hydroxylation is 2. The smallest absolute Gasteiger partial charge is 0.259 e. The van der Waals surface area contributed by atoms with Crippen LogP contribution in [0, 0.1) is 0 Å². The van der Waals surface area contributed by atoms with Crippen molar-refractivity contribution in [2.75, 3.05) is 12.3 Å². The number of amides is 1. The summed E-state index contributed by atoms with van der Waals surface area (Å²) in [7, 11) is 0. The van der Waals surface area contributed by atoms with E-state index in [1.54, 1.807) is 11.3 Å². The highest BCUT2D eigenvalue weighted by molar-refractivity contribution is 7.99. The minimum atomic E-state index is -0.0482. The lowest BCUT2D eigenvalue weighted by Gasteiger charge is -2.10. The number of thioether (sulfide) groups is 1. The molecule has 2 heterocycles. The van der Waals surface area contributed by atoms with Gasteiger partial charge in [-0.25, -0.2) is 4.98 Å². The van der Waals surface area contributed by atoms with Gasteiger partial charge >= 0.3 is 0 Å². The molecule has 0 aliphatic heterocycles. The lowest BCUT2D eigenvalue weighted by molar-refractivity contribution is -0.119. The third-order valence-electron chi connectivity index (χ3n) is 4.11. The highest BCUT2D eigenvalue weighted by Crippen LogP contribution is 2.33. The summed E-state index contributed by atoms with van der Waals surface area (Å²) in [6, 6.07) is -0.0233. The van der Waals surface area contributed by atoms with Crippen LogP contribution in [0.15, 0.2) is 4.79 Å². The number of hydrogen-bond acceptors (Lipinski definition) is 6. The zero-order valence-electron chi connectivity index (χ0n) is 14.1. The Bertz CT molecular complexity index is 805. The van der Waals surface area contributed by atoms with Gasteiger partial charge in [-0.05, 0) is 38.2 Å². The van der Waals surface area contributed by atoms with Gasteiger partial charge in [0.05, 0.1) is 16.9 Å². The fourth-order valence-electron chi connectivity index (χ4n) is 2.89. The van der Waals surface area contributed by atoms with E-state index in [2.05, 4.69) is 15.3 Å². The molecule has 9 heteroatoms. The maximum atomic E-state index is 12.4. The maximum absolute atomic E-state index is 12.4. The van der Waals surface area contributed by atoms with E-state index in [9.17, 15) is 9.59 Å². The Hall–Kier alpha value is -1.09. The highest BCUT2D eigenvalue weighted by atomic mass is 35.5. The molecule has 3 rings (SSSR count). The van der Waals surface area contributed by atoms with Gasteiger partial charge in [-0.1, -0.05) is 0 Å². The Morgan fingerprint density at radius 2 is 2.20 bits per heavy atom. The first-order valence-corrected chi connectivity index (χ1v) is 10.2. The summed E-state index contributed by atoms with van der Waals surface area (Å²) in [4.78, 5) is 33.8. The van der Waals surface area contributed by atoms with Crippen molar-refractivity contribution in [3.8, 4) is 0 Å². The molecular formula is C16H23ClN4O2S2. The van der Waals surface area contributed by atoms with E-state index in [1.807, 2.05) is 6.92 Å². The molecule has 0 unspecified atom stereocenters. The number of halogens is 1. The summed E-state index contributed by atoms with van der Waals surface area (Å²) in [5.41, 5.74) is 6.63. The van der Waals surface area contributed by atoms with E-state index >= 15 is 0 Å². The van der Waals surface area contributed by atoms with Crippen LogP contribution in [0.4, 0.5) is 0 Å². The number of fused-ring (bicyclic) bond motifs is 3. The van der Waals surface area contributed by atoms with E-state index in [4.69, 9.17) is 5.73 Å². The third-order valence-corrected chi connectivity index (χ3v) is 6.24. The quantitative estimate of drug-likeness (QED) is 0.685. The Morgan fingerprint density at radius 1 is 1.44 bits per heavy atom. The van der Waals surface area contributed by atoms with Gasteiger partial charge in [-0.3, -0.25) is 9.59 Å². The summed E-state index contributed by atoms with van der Waals surface area (Å²) in [5, 5.41) is 3.59. The van der Waals surface area contributed by atoms with Crippen LogP contribution in [-0.4, -0.2) is 34.2 Å². The first-order valence-electron chi connectivity index (χ1n) is 8.19. The number of nitrogens with one attached hydrogen (secondary N) is 2. The summed E-state index contributed by atoms with van der Waals surface area (Å²) in [6.45, 7) is 2.29. The Labute approximate surface area is 160 Å². The normalized spacial score (nSPS) is 14.6. The van der Waals surface area contributed by atoms with Crippen LogP contribution in [0.3, 0.4) is 0 Å². The number of aromatic nitrogens is 2. The molecule has 0 saturated carbocycles. The lowest BCUT2D eigenvalue weighted by atomic mass is 9.97. The second kappa shape index (κ2) is 9.02. The van der Waals surface area contributed by atoms with E-state index in [1.165, 1.54) is 28.6 Å².